The van der Waals surface area contributed by atoms with Gasteiger partial charge in [-0.15, -0.1) is 0 Å². The lowest BCUT2D eigenvalue weighted by Gasteiger charge is -2.10. The molecular formula is C14H14O3. The fourth-order valence-corrected chi connectivity index (χ4v) is 2.11. The summed E-state index contributed by atoms with van der Waals surface area (Å²) in [6.45, 7) is 4.83. The van der Waals surface area contributed by atoms with E-state index in [0.29, 0.717) is 11.1 Å². The van der Waals surface area contributed by atoms with Gasteiger partial charge in [-0.2, -0.15) is 0 Å². The first-order chi connectivity index (χ1) is 8.00. The first kappa shape index (κ1) is 11.6. The van der Waals surface area contributed by atoms with E-state index in [1.807, 2.05) is 19.1 Å². The Balaban J connectivity index is 2.55. The minimum Gasteiger partial charge on any atom is -0.464 e. The molecule has 0 saturated heterocycles. The Morgan fingerprint density at radius 3 is 2.41 bits per heavy atom. The van der Waals surface area contributed by atoms with Gasteiger partial charge in [0.05, 0.1) is 6.26 Å². The largest absolute Gasteiger partial charge is 0.464 e. The molecule has 2 rings (SSSR count). The van der Waals surface area contributed by atoms with E-state index in [0.717, 1.165) is 10.9 Å². The number of furan rings is 1. The molecule has 0 aliphatic rings. The molecule has 2 aromatic rings. The number of carbonyl (C=O) groups excluding carboxylic acids is 2. The third-order valence-corrected chi connectivity index (χ3v) is 2.94. The summed E-state index contributed by atoms with van der Waals surface area (Å²) in [6.07, 6.45) is 1.67. The Morgan fingerprint density at radius 1 is 1.18 bits per heavy atom. The van der Waals surface area contributed by atoms with Crippen LogP contribution in [0.4, 0.5) is 0 Å². The third kappa shape index (κ3) is 2.00. The van der Waals surface area contributed by atoms with Crippen LogP contribution in [0.5, 0.6) is 0 Å². The van der Waals surface area contributed by atoms with Crippen molar-refractivity contribution in [3.63, 3.8) is 0 Å². The second-order valence-corrected chi connectivity index (χ2v) is 4.33. The summed E-state index contributed by atoms with van der Waals surface area (Å²) < 4.78 is 5.38. The van der Waals surface area contributed by atoms with Gasteiger partial charge in [0.2, 0.25) is 0 Å². The summed E-state index contributed by atoms with van der Waals surface area (Å²) >= 11 is 0. The van der Waals surface area contributed by atoms with Gasteiger partial charge in [-0.1, -0.05) is 12.1 Å². The molecule has 0 N–H and O–H groups in total. The predicted octanol–water partition coefficient (Wildman–Crippen LogP) is 3.00. The summed E-state index contributed by atoms with van der Waals surface area (Å²) in [6, 6.07) is 5.48. The number of Topliss-reactive ketones (excluding diaryl/α,β-unsaturated/α-hetero) is 2. The van der Waals surface area contributed by atoms with Crippen LogP contribution in [0.3, 0.4) is 0 Å². The highest BCUT2D eigenvalue weighted by Gasteiger charge is 2.22. The normalized spacial score (nSPS) is 11.1. The molecule has 0 unspecified atom stereocenters. The average molecular weight is 230 g/mol. The van der Waals surface area contributed by atoms with Crippen LogP contribution in [-0.4, -0.2) is 11.6 Å². The molecule has 88 valence electrons. The Labute approximate surface area is 99.4 Å². The Bertz CT molecular complexity index is 579. The second kappa shape index (κ2) is 4.17. The molecule has 0 amide bonds. The molecule has 0 aliphatic carbocycles. The number of fused-ring (bicyclic) bond motifs is 1. The van der Waals surface area contributed by atoms with Crippen molar-refractivity contribution in [1.29, 1.82) is 0 Å². The molecule has 3 nitrogen and oxygen atoms in total. The van der Waals surface area contributed by atoms with Crippen LogP contribution in [0.1, 0.15) is 30.9 Å². The summed E-state index contributed by atoms with van der Waals surface area (Å²) in [7, 11) is 0. The van der Waals surface area contributed by atoms with Gasteiger partial charge < -0.3 is 4.42 Å². The first-order valence-corrected chi connectivity index (χ1v) is 5.49. The van der Waals surface area contributed by atoms with Crippen LogP contribution in [0.25, 0.3) is 11.0 Å². The quantitative estimate of drug-likeness (QED) is 0.761. The van der Waals surface area contributed by atoms with Gasteiger partial charge in [-0.3, -0.25) is 9.59 Å². The van der Waals surface area contributed by atoms with Gasteiger partial charge in [0, 0.05) is 5.39 Å². The van der Waals surface area contributed by atoms with Gasteiger partial charge in [0.25, 0.3) is 0 Å². The summed E-state index contributed by atoms with van der Waals surface area (Å²) in [5.74, 6) is -0.954. The zero-order valence-electron chi connectivity index (χ0n) is 10.1. The standard InChI is InChI=1S/C14H14O3/c1-8-7-17-13-6-11(4-5-12(8)13)14(9(2)15)10(3)16/h4-7,14H,1-3H3. The number of carbonyl (C=O) groups is 2. The number of hydrogen-bond acceptors (Lipinski definition) is 3. The molecule has 0 aliphatic heterocycles. The molecule has 0 atom stereocenters. The molecule has 0 saturated carbocycles. The fourth-order valence-electron chi connectivity index (χ4n) is 2.11. The minimum absolute atomic E-state index is 0.139. The highest BCUT2D eigenvalue weighted by molar-refractivity contribution is 6.06. The van der Waals surface area contributed by atoms with E-state index < -0.39 is 5.92 Å². The average Bonchev–Trinajstić information content (AvgIpc) is 2.59. The van der Waals surface area contributed by atoms with E-state index in [4.69, 9.17) is 4.42 Å². The fraction of sp³-hybridized carbons (Fsp3) is 0.286. The predicted molar refractivity (Wildman–Crippen MR) is 65.1 cm³/mol. The SMILES string of the molecule is CC(=O)C(C(C)=O)c1ccc2c(C)coc2c1. The minimum atomic E-state index is -0.676. The van der Waals surface area contributed by atoms with Gasteiger partial charge in [-0.05, 0) is 38.0 Å². The Kier molecular flexibility index (Phi) is 2.84. The van der Waals surface area contributed by atoms with Crippen molar-refractivity contribution in [2.75, 3.05) is 0 Å². The van der Waals surface area contributed by atoms with Crippen LogP contribution in [0.15, 0.2) is 28.9 Å². The Morgan fingerprint density at radius 2 is 1.82 bits per heavy atom. The maximum atomic E-state index is 11.5. The third-order valence-electron chi connectivity index (χ3n) is 2.94. The molecule has 1 aromatic carbocycles. The maximum Gasteiger partial charge on any atom is 0.144 e. The van der Waals surface area contributed by atoms with E-state index in [1.54, 1.807) is 12.3 Å². The van der Waals surface area contributed by atoms with E-state index in [1.165, 1.54) is 13.8 Å². The number of benzene rings is 1. The lowest BCUT2D eigenvalue weighted by molar-refractivity contribution is -0.126. The molecule has 17 heavy (non-hydrogen) atoms. The molecule has 0 fully saturated rings. The number of ketones is 2. The zero-order chi connectivity index (χ0) is 12.6. The number of hydrogen-bond donors (Lipinski definition) is 0. The maximum absolute atomic E-state index is 11.5. The van der Waals surface area contributed by atoms with Crippen LogP contribution in [-0.2, 0) is 9.59 Å². The lowest BCUT2D eigenvalue weighted by Crippen LogP contribution is -2.16. The van der Waals surface area contributed by atoms with Crippen molar-refractivity contribution in [2.45, 2.75) is 26.7 Å². The van der Waals surface area contributed by atoms with Crippen molar-refractivity contribution >= 4 is 22.5 Å². The molecule has 1 aromatic heterocycles. The molecule has 1 heterocycles. The zero-order valence-corrected chi connectivity index (χ0v) is 10.1. The second-order valence-electron chi connectivity index (χ2n) is 4.33. The van der Waals surface area contributed by atoms with E-state index in [2.05, 4.69) is 0 Å². The molecule has 0 radical (unpaired) electrons. The summed E-state index contributed by atoms with van der Waals surface area (Å²) in [5.41, 5.74) is 2.47. The molecule has 0 bridgehead atoms. The lowest BCUT2D eigenvalue weighted by atomic mass is 9.91. The highest BCUT2D eigenvalue weighted by atomic mass is 16.3. The number of aryl methyl sites for hydroxylation is 1. The van der Waals surface area contributed by atoms with E-state index >= 15 is 0 Å². The van der Waals surface area contributed by atoms with Crippen LogP contribution in [0, 0.1) is 6.92 Å². The van der Waals surface area contributed by atoms with Gasteiger partial charge in [0.1, 0.15) is 23.1 Å². The van der Waals surface area contributed by atoms with Crippen molar-refractivity contribution in [1.82, 2.24) is 0 Å². The van der Waals surface area contributed by atoms with Crippen LogP contribution in [0.2, 0.25) is 0 Å². The first-order valence-electron chi connectivity index (χ1n) is 5.49. The van der Waals surface area contributed by atoms with Gasteiger partial charge in [0.15, 0.2) is 0 Å². The smallest absolute Gasteiger partial charge is 0.144 e. The monoisotopic (exact) mass is 230 g/mol. The summed E-state index contributed by atoms with van der Waals surface area (Å²) in [5, 5.41) is 1.01. The van der Waals surface area contributed by atoms with Crippen LogP contribution < -0.4 is 0 Å². The molecular weight excluding hydrogens is 216 g/mol. The number of rotatable bonds is 3. The van der Waals surface area contributed by atoms with Crippen LogP contribution >= 0.6 is 0 Å². The van der Waals surface area contributed by atoms with Gasteiger partial charge in [-0.25, -0.2) is 0 Å². The van der Waals surface area contributed by atoms with Crippen molar-refractivity contribution < 1.29 is 14.0 Å². The van der Waals surface area contributed by atoms with Gasteiger partial charge >= 0.3 is 0 Å². The molecule has 3 heteroatoms. The van der Waals surface area contributed by atoms with E-state index in [-0.39, 0.29) is 11.6 Å². The van der Waals surface area contributed by atoms with E-state index in [9.17, 15) is 9.59 Å². The van der Waals surface area contributed by atoms with Crippen molar-refractivity contribution in [2.24, 2.45) is 0 Å². The highest BCUT2D eigenvalue weighted by Crippen LogP contribution is 2.26. The molecule has 0 spiro atoms. The summed E-state index contributed by atoms with van der Waals surface area (Å²) in [4.78, 5) is 23.0. The Hall–Kier alpha value is -1.90. The van der Waals surface area contributed by atoms with Crippen molar-refractivity contribution in [3.05, 3.63) is 35.6 Å². The van der Waals surface area contributed by atoms with Crippen molar-refractivity contribution in [3.8, 4) is 0 Å². The topological polar surface area (TPSA) is 47.3 Å².